The van der Waals surface area contributed by atoms with E-state index in [9.17, 15) is 0 Å². The lowest BCUT2D eigenvalue weighted by Crippen LogP contribution is -1.81. The standard InChI is InChI=1S/C18H20/c1-15(2)7-6-8-16-11-13-18(14-12-16)17-9-4-3-5-10-17/h3-6,8-15H,7H2,1-2H3/b8-6-. The SMILES string of the molecule is CC(C)C/C=C\c1ccc(-c2ccccc2)cc1. The van der Waals surface area contributed by atoms with Crippen LogP contribution in [0.2, 0.25) is 0 Å². The average Bonchev–Trinajstić information content (AvgIpc) is 2.40. The quantitative estimate of drug-likeness (QED) is 0.665. The van der Waals surface area contributed by atoms with Crippen molar-refractivity contribution in [2.24, 2.45) is 5.92 Å². The Bertz CT molecular complexity index is 489. The van der Waals surface area contributed by atoms with Gasteiger partial charge < -0.3 is 0 Å². The molecule has 0 saturated heterocycles. The van der Waals surface area contributed by atoms with Crippen LogP contribution in [0.3, 0.4) is 0 Å². The molecule has 0 aliphatic heterocycles. The molecule has 0 heterocycles. The van der Waals surface area contributed by atoms with E-state index in [1.807, 2.05) is 6.07 Å². The first-order chi connectivity index (χ1) is 8.75. The van der Waals surface area contributed by atoms with Crippen molar-refractivity contribution in [3.05, 3.63) is 66.2 Å². The van der Waals surface area contributed by atoms with Gasteiger partial charge in [0.05, 0.1) is 0 Å². The molecule has 0 aliphatic rings. The van der Waals surface area contributed by atoms with E-state index in [0.717, 1.165) is 12.3 Å². The zero-order chi connectivity index (χ0) is 12.8. The molecule has 2 aromatic rings. The highest BCUT2D eigenvalue weighted by molar-refractivity contribution is 5.65. The Morgan fingerprint density at radius 1 is 0.833 bits per heavy atom. The minimum Gasteiger partial charge on any atom is -0.0837 e. The molecule has 0 aromatic heterocycles. The first-order valence-corrected chi connectivity index (χ1v) is 6.58. The largest absolute Gasteiger partial charge is 0.0837 e. The van der Waals surface area contributed by atoms with Crippen LogP contribution in [-0.4, -0.2) is 0 Å². The van der Waals surface area contributed by atoms with Crippen LogP contribution in [0.1, 0.15) is 25.8 Å². The highest BCUT2D eigenvalue weighted by Crippen LogP contribution is 2.19. The second-order valence-corrected chi connectivity index (χ2v) is 5.02. The topological polar surface area (TPSA) is 0 Å². The van der Waals surface area contributed by atoms with Gasteiger partial charge in [-0.25, -0.2) is 0 Å². The summed E-state index contributed by atoms with van der Waals surface area (Å²) >= 11 is 0. The first kappa shape index (κ1) is 12.6. The van der Waals surface area contributed by atoms with E-state index in [1.54, 1.807) is 0 Å². The molecule has 0 bridgehead atoms. The Hall–Kier alpha value is -1.82. The summed E-state index contributed by atoms with van der Waals surface area (Å²) in [5.41, 5.74) is 3.82. The van der Waals surface area contributed by atoms with E-state index in [1.165, 1.54) is 16.7 Å². The second-order valence-electron chi connectivity index (χ2n) is 5.02. The molecule has 0 N–H and O–H groups in total. The van der Waals surface area contributed by atoms with Crippen LogP contribution in [0.25, 0.3) is 17.2 Å². The molecule has 0 heteroatoms. The molecule has 0 unspecified atom stereocenters. The molecule has 0 amide bonds. The highest BCUT2D eigenvalue weighted by atomic mass is 14.0. The Kier molecular flexibility index (Phi) is 4.35. The molecule has 0 radical (unpaired) electrons. The molecule has 0 spiro atoms. The summed E-state index contributed by atoms with van der Waals surface area (Å²) in [6.07, 6.45) is 5.59. The number of hydrogen-bond acceptors (Lipinski definition) is 0. The van der Waals surface area contributed by atoms with E-state index in [2.05, 4.69) is 74.5 Å². The maximum absolute atomic E-state index is 2.25. The fraction of sp³-hybridized carbons (Fsp3) is 0.222. The molecule has 0 saturated carbocycles. The predicted octanol–water partition coefficient (Wildman–Crippen LogP) is 5.41. The maximum Gasteiger partial charge on any atom is -0.0184 e. The summed E-state index contributed by atoms with van der Waals surface area (Å²) in [6, 6.07) is 19.2. The molecule has 18 heavy (non-hydrogen) atoms. The lowest BCUT2D eigenvalue weighted by atomic mass is 10.0. The van der Waals surface area contributed by atoms with Gasteiger partial charge in [0.1, 0.15) is 0 Å². The van der Waals surface area contributed by atoms with Gasteiger partial charge in [-0.05, 0) is 29.0 Å². The fourth-order valence-corrected chi connectivity index (χ4v) is 1.89. The smallest absolute Gasteiger partial charge is 0.0184 e. The fourth-order valence-electron chi connectivity index (χ4n) is 1.89. The summed E-state index contributed by atoms with van der Waals surface area (Å²) in [5.74, 6) is 0.727. The Morgan fingerprint density at radius 2 is 1.44 bits per heavy atom. The predicted molar refractivity (Wildman–Crippen MR) is 80.4 cm³/mol. The number of allylic oxidation sites excluding steroid dienone is 1. The van der Waals surface area contributed by atoms with Gasteiger partial charge in [0.25, 0.3) is 0 Å². The third-order valence-corrected chi connectivity index (χ3v) is 2.94. The molecular formula is C18H20. The van der Waals surface area contributed by atoms with E-state index in [4.69, 9.17) is 0 Å². The molecule has 2 aromatic carbocycles. The van der Waals surface area contributed by atoms with Crippen molar-refractivity contribution in [3.8, 4) is 11.1 Å². The van der Waals surface area contributed by atoms with Crippen molar-refractivity contribution in [2.75, 3.05) is 0 Å². The summed E-state index contributed by atoms with van der Waals surface area (Å²) in [7, 11) is 0. The Morgan fingerprint density at radius 3 is 2.06 bits per heavy atom. The Balaban J connectivity index is 2.09. The van der Waals surface area contributed by atoms with Crippen molar-refractivity contribution in [2.45, 2.75) is 20.3 Å². The minimum atomic E-state index is 0.727. The summed E-state index contributed by atoms with van der Waals surface area (Å²) < 4.78 is 0. The van der Waals surface area contributed by atoms with E-state index >= 15 is 0 Å². The normalized spacial score (nSPS) is 11.3. The van der Waals surface area contributed by atoms with Crippen molar-refractivity contribution in [1.82, 2.24) is 0 Å². The highest BCUT2D eigenvalue weighted by Gasteiger charge is 1.95. The first-order valence-electron chi connectivity index (χ1n) is 6.58. The lowest BCUT2D eigenvalue weighted by molar-refractivity contribution is 0.665. The van der Waals surface area contributed by atoms with Crippen LogP contribution >= 0.6 is 0 Å². The van der Waals surface area contributed by atoms with Gasteiger partial charge in [-0.15, -0.1) is 0 Å². The van der Waals surface area contributed by atoms with Crippen LogP contribution in [0.4, 0.5) is 0 Å². The average molecular weight is 236 g/mol. The van der Waals surface area contributed by atoms with Crippen molar-refractivity contribution >= 4 is 6.08 Å². The van der Waals surface area contributed by atoms with E-state index < -0.39 is 0 Å². The molecule has 0 fully saturated rings. The molecule has 2 rings (SSSR count). The zero-order valence-electron chi connectivity index (χ0n) is 11.1. The molecule has 0 aliphatic carbocycles. The van der Waals surface area contributed by atoms with E-state index in [0.29, 0.717) is 0 Å². The molecule has 0 nitrogen and oxygen atoms in total. The molecular weight excluding hydrogens is 216 g/mol. The van der Waals surface area contributed by atoms with Crippen LogP contribution < -0.4 is 0 Å². The van der Waals surface area contributed by atoms with Crippen LogP contribution in [0.5, 0.6) is 0 Å². The minimum absolute atomic E-state index is 0.727. The van der Waals surface area contributed by atoms with Gasteiger partial charge in [0.15, 0.2) is 0 Å². The zero-order valence-corrected chi connectivity index (χ0v) is 11.1. The Labute approximate surface area is 110 Å². The molecule has 0 atom stereocenters. The number of rotatable bonds is 4. The van der Waals surface area contributed by atoms with Gasteiger partial charge >= 0.3 is 0 Å². The van der Waals surface area contributed by atoms with Crippen molar-refractivity contribution in [3.63, 3.8) is 0 Å². The number of hydrogen-bond donors (Lipinski definition) is 0. The van der Waals surface area contributed by atoms with Crippen LogP contribution in [0, 0.1) is 5.92 Å². The second kappa shape index (κ2) is 6.20. The summed E-state index contributed by atoms with van der Waals surface area (Å²) in [4.78, 5) is 0. The van der Waals surface area contributed by atoms with Crippen LogP contribution in [-0.2, 0) is 0 Å². The third kappa shape index (κ3) is 3.59. The molecule has 92 valence electrons. The van der Waals surface area contributed by atoms with Gasteiger partial charge in [-0.3, -0.25) is 0 Å². The maximum atomic E-state index is 2.25. The van der Waals surface area contributed by atoms with Crippen molar-refractivity contribution < 1.29 is 0 Å². The van der Waals surface area contributed by atoms with Gasteiger partial charge in [0.2, 0.25) is 0 Å². The summed E-state index contributed by atoms with van der Waals surface area (Å²) in [5, 5.41) is 0. The monoisotopic (exact) mass is 236 g/mol. The van der Waals surface area contributed by atoms with Crippen molar-refractivity contribution in [1.29, 1.82) is 0 Å². The van der Waals surface area contributed by atoms with Gasteiger partial charge in [-0.1, -0.05) is 80.6 Å². The third-order valence-electron chi connectivity index (χ3n) is 2.94. The lowest BCUT2D eigenvalue weighted by Gasteiger charge is -2.02. The van der Waals surface area contributed by atoms with Crippen LogP contribution in [0.15, 0.2) is 60.7 Å². The summed E-state index contributed by atoms with van der Waals surface area (Å²) in [6.45, 7) is 4.48. The van der Waals surface area contributed by atoms with Gasteiger partial charge in [0, 0.05) is 0 Å². The van der Waals surface area contributed by atoms with E-state index in [-0.39, 0.29) is 0 Å². The number of benzene rings is 2. The van der Waals surface area contributed by atoms with Gasteiger partial charge in [-0.2, -0.15) is 0 Å².